The van der Waals surface area contributed by atoms with E-state index in [9.17, 15) is 0 Å². The molecule has 2 aliphatic heterocycles. The lowest BCUT2D eigenvalue weighted by Crippen LogP contribution is -2.15. The molecular weight excluding hydrogens is 98.1 g/mol. The predicted molar refractivity (Wildman–Crippen MR) is 33.0 cm³/mol. The van der Waals surface area contributed by atoms with Crippen LogP contribution in [-0.4, -0.2) is 18.0 Å². The molecule has 0 saturated carbocycles. The highest BCUT2D eigenvalue weighted by molar-refractivity contribution is 5.11. The second-order valence-electron chi connectivity index (χ2n) is 2.57. The molecular formula is C7H11N. The summed E-state index contributed by atoms with van der Waals surface area (Å²) in [7, 11) is 0. The summed E-state index contributed by atoms with van der Waals surface area (Å²) in [5.74, 6) is 0. The molecule has 0 atom stereocenters. The zero-order chi connectivity index (χ0) is 5.40. The first-order valence-corrected chi connectivity index (χ1v) is 3.41. The summed E-state index contributed by atoms with van der Waals surface area (Å²) in [6.45, 7) is 2.63. The first kappa shape index (κ1) is 4.80. The Morgan fingerprint density at radius 3 is 3.25 bits per heavy atom. The lowest BCUT2D eigenvalue weighted by molar-refractivity contribution is 0.403. The average Bonchev–Trinajstić information content (AvgIpc) is 2.15. The molecule has 0 aromatic heterocycles. The molecule has 2 heterocycles. The lowest BCUT2D eigenvalue weighted by atomic mass is 10.2. The van der Waals surface area contributed by atoms with Crippen molar-refractivity contribution in [3.8, 4) is 0 Å². The molecule has 0 spiro atoms. The van der Waals surface area contributed by atoms with Gasteiger partial charge in [0.25, 0.3) is 0 Å². The molecule has 44 valence electrons. The van der Waals surface area contributed by atoms with Gasteiger partial charge in [-0.25, -0.2) is 0 Å². The molecule has 2 saturated heterocycles. The Bertz CT molecular complexity index is 70.4. The van der Waals surface area contributed by atoms with Crippen molar-refractivity contribution in [3.63, 3.8) is 0 Å². The second-order valence-corrected chi connectivity index (χ2v) is 2.57. The van der Waals surface area contributed by atoms with Gasteiger partial charge in [0.15, 0.2) is 0 Å². The molecule has 2 aliphatic rings. The maximum atomic E-state index is 2.50. The number of hydrogen-bond donors (Lipinski definition) is 0. The molecule has 8 heavy (non-hydrogen) atoms. The van der Waals surface area contributed by atoms with Crippen molar-refractivity contribution in [2.24, 2.45) is 0 Å². The lowest BCUT2D eigenvalue weighted by Gasteiger charge is -2.10. The molecule has 2 radical (unpaired) electrons. The van der Waals surface area contributed by atoms with E-state index in [2.05, 4.69) is 11.3 Å². The Hall–Kier alpha value is -0.0400. The van der Waals surface area contributed by atoms with Gasteiger partial charge in [0.2, 0.25) is 0 Å². The number of nitrogens with zero attached hydrogens (tertiary/aromatic N) is 1. The summed E-state index contributed by atoms with van der Waals surface area (Å²) < 4.78 is 0. The summed E-state index contributed by atoms with van der Waals surface area (Å²) in [6, 6.07) is 1.62. The third kappa shape index (κ3) is 0.576. The van der Waals surface area contributed by atoms with E-state index in [1.54, 1.807) is 6.04 Å². The van der Waals surface area contributed by atoms with Gasteiger partial charge in [-0.1, -0.05) is 0 Å². The third-order valence-corrected chi connectivity index (χ3v) is 2.05. The fraction of sp³-hybridized carbons (Fsp3) is 0.714. The third-order valence-electron chi connectivity index (χ3n) is 2.05. The molecule has 0 amide bonds. The van der Waals surface area contributed by atoms with Crippen LogP contribution in [-0.2, 0) is 0 Å². The fourth-order valence-electron chi connectivity index (χ4n) is 1.63. The van der Waals surface area contributed by atoms with Crippen LogP contribution >= 0.6 is 0 Å². The first-order valence-electron chi connectivity index (χ1n) is 3.41. The van der Waals surface area contributed by atoms with E-state index in [1.807, 2.05) is 0 Å². The van der Waals surface area contributed by atoms with Gasteiger partial charge < -0.3 is 0 Å². The molecule has 0 bridgehead atoms. The van der Waals surface area contributed by atoms with Crippen LogP contribution < -0.4 is 0 Å². The van der Waals surface area contributed by atoms with Gasteiger partial charge in [-0.05, 0) is 38.8 Å². The minimum atomic E-state index is 1.30. The molecule has 0 unspecified atom stereocenters. The number of fused-ring (bicyclic) bond motifs is 1. The number of hydrogen-bond acceptors (Lipinski definition) is 1. The van der Waals surface area contributed by atoms with Gasteiger partial charge in [-0.3, -0.25) is 4.90 Å². The van der Waals surface area contributed by atoms with Crippen LogP contribution in [0.3, 0.4) is 0 Å². The van der Waals surface area contributed by atoms with Crippen molar-refractivity contribution >= 4 is 0 Å². The maximum absolute atomic E-state index is 2.50. The van der Waals surface area contributed by atoms with Gasteiger partial charge in [0.05, 0.1) is 0 Å². The van der Waals surface area contributed by atoms with Crippen LogP contribution in [0, 0.1) is 12.5 Å². The molecule has 0 aromatic rings. The summed E-state index contributed by atoms with van der Waals surface area (Å²) in [4.78, 5) is 2.50. The van der Waals surface area contributed by atoms with Crippen molar-refractivity contribution in [1.82, 2.24) is 4.90 Å². The molecule has 2 rings (SSSR count). The Balaban J connectivity index is 2.04. The van der Waals surface area contributed by atoms with E-state index in [4.69, 9.17) is 0 Å². The van der Waals surface area contributed by atoms with E-state index in [0.717, 1.165) is 0 Å². The Kier molecular flexibility index (Phi) is 1.04. The molecule has 0 aromatic carbocycles. The van der Waals surface area contributed by atoms with Gasteiger partial charge in [0.1, 0.15) is 0 Å². The zero-order valence-corrected chi connectivity index (χ0v) is 5.06. The Morgan fingerprint density at radius 1 is 1.38 bits per heavy atom. The highest BCUT2D eigenvalue weighted by Gasteiger charge is 2.29. The van der Waals surface area contributed by atoms with Crippen molar-refractivity contribution in [2.75, 3.05) is 13.1 Å². The average molecular weight is 109 g/mol. The van der Waals surface area contributed by atoms with Crippen LogP contribution in [0.25, 0.3) is 0 Å². The summed E-state index contributed by atoms with van der Waals surface area (Å²) in [5.41, 5.74) is 0. The van der Waals surface area contributed by atoms with E-state index in [1.165, 1.54) is 32.4 Å². The van der Waals surface area contributed by atoms with Crippen molar-refractivity contribution < 1.29 is 0 Å². The standard InChI is InChI=1S/C7H11N/c1-3-7-4-2-6-8(7)5-1/h3H,1-2,4-6H2. The molecule has 0 N–H and O–H groups in total. The fourth-order valence-corrected chi connectivity index (χ4v) is 1.63. The van der Waals surface area contributed by atoms with Crippen molar-refractivity contribution in [3.05, 3.63) is 12.5 Å². The monoisotopic (exact) mass is 109 g/mol. The predicted octanol–water partition coefficient (Wildman–Crippen LogP) is 1.22. The highest BCUT2D eigenvalue weighted by atomic mass is 15.2. The largest absolute Gasteiger partial charge is 0.295 e. The van der Waals surface area contributed by atoms with Crippen LogP contribution in [0.15, 0.2) is 0 Å². The van der Waals surface area contributed by atoms with Crippen molar-refractivity contribution in [1.29, 1.82) is 0 Å². The Morgan fingerprint density at radius 2 is 2.38 bits per heavy atom. The van der Waals surface area contributed by atoms with E-state index in [0.29, 0.717) is 0 Å². The minimum Gasteiger partial charge on any atom is -0.295 e. The van der Waals surface area contributed by atoms with Gasteiger partial charge in [0, 0.05) is 6.04 Å². The second kappa shape index (κ2) is 1.73. The molecule has 1 heteroatoms. The van der Waals surface area contributed by atoms with Gasteiger partial charge >= 0.3 is 0 Å². The smallest absolute Gasteiger partial charge is 0.0428 e. The summed E-state index contributed by atoms with van der Waals surface area (Å²) in [5, 5.41) is 0. The summed E-state index contributed by atoms with van der Waals surface area (Å²) >= 11 is 0. The molecule has 1 nitrogen and oxygen atoms in total. The van der Waals surface area contributed by atoms with E-state index < -0.39 is 0 Å². The van der Waals surface area contributed by atoms with Crippen LogP contribution in [0.2, 0.25) is 0 Å². The van der Waals surface area contributed by atoms with Crippen LogP contribution in [0.4, 0.5) is 0 Å². The van der Waals surface area contributed by atoms with Gasteiger partial charge in [-0.15, -0.1) is 0 Å². The highest BCUT2D eigenvalue weighted by Crippen LogP contribution is 2.32. The van der Waals surface area contributed by atoms with Crippen LogP contribution in [0.1, 0.15) is 19.3 Å². The van der Waals surface area contributed by atoms with E-state index in [-0.39, 0.29) is 0 Å². The minimum absolute atomic E-state index is 1.30. The normalized spacial score (nSPS) is 31.5. The zero-order valence-electron chi connectivity index (χ0n) is 5.06. The number of rotatable bonds is 0. The van der Waals surface area contributed by atoms with Crippen molar-refractivity contribution in [2.45, 2.75) is 19.3 Å². The van der Waals surface area contributed by atoms with E-state index >= 15 is 0 Å². The molecule has 2 fully saturated rings. The van der Waals surface area contributed by atoms with Gasteiger partial charge in [-0.2, -0.15) is 0 Å². The quantitative estimate of drug-likeness (QED) is 0.452. The topological polar surface area (TPSA) is 3.24 Å². The molecule has 0 aliphatic carbocycles. The maximum Gasteiger partial charge on any atom is 0.0428 e. The SMILES string of the molecule is [CH]1CCN2CCC[C]12. The van der Waals surface area contributed by atoms with Crippen LogP contribution in [0.5, 0.6) is 0 Å². The first-order chi connectivity index (χ1) is 3.97. The Labute approximate surface area is 50.7 Å². The summed E-state index contributed by atoms with van der Waals surface area (Å²) in [6.07, 6.45) is 6.42.